The fourth-order valence-corrected chi connectivity index (χ4v) is 1.27. The molecule has 0 aliphatic rings. The molecule has 19 heavy (non-hydrogen) atoms. The van der Waals surface area contributed by atoms with Gasteiger partial charge in [0.25, 0.3) is 0 Å². The van der Waals surface area contributed by atoms with E-state index in [1.165, 1.54) is 6.21 Å². The highest BCUT2D eigenvalue weighted by Gasteiger charge is 1.99. The Morgan fingerprint density at radius 3 is 2.84 bits per heavy atom. The first-order valence-electron chi connectivity index (χ1n) is 5.37. The summed E-state index contributed by atoms with van der Waals surface area (Å²) in [4.78, 5) is 18.4. The Labute approximate surface area is 109 Å². The molecule has 7 heteroatoms. The van der Waals surface area contributed by atoms with E-state index in [1.54, 1.807) is 42.7 Å². The quantitative estimate of drug-likeness (QED) is 0.635. The summed E-state index contributed by atoms with van der Waals surface area (Å²) in [6.07, 6.45) is 4.62. The number of rotatable bonds is 4. The van der Waals surface area contributed by atoms with Crippen molar-refractivity contribution in [2.24, 2.45) is 10.8 Å². The molecule has 7 nitrogen and oxygen atoms in total. The number of aromatic nitrogens is 2. The summed E-state index contributed by atoms with van der Waals surface area (Å²) in [5.41, 5.74) is 7.73. The monoisotopic (exact) mass is 257 g/mol. The second-order valence-corrected chi connectivity index (χ2v) is 3.44. The molecule has 2 aromatic rings. The Bertz CT molecular complexity index is 586. The SMILES string of the molecule is NC(=O)NN=Cc1cccc(Oc2ncccn2)c1. The Kier molecular flexibility index (Phi) is 4.01. The van der Waals surface area contributed by atoms with Crippen LogP contribution >= 0.6 is 0 Å². The highest BCUT2D eigenvalue weighted by atomic mass is 16.5. The summed E-state index contributed by atoms with van der Waals surface area (Å²) in [7, 11) is 0. The van der Waals surface area contributed by atoms with E-state index < -0.39 is 6.03 Å². The second kappa shape index (κ2) is 6.10. The van der Waals surface area contributed by atoms with Crippen LogP contribution in [0.4, 0.5) is 4.79 Å². The summed E-state index contributed by atoms with van der Waals surface area (Å²) in [5.74, 6) is 0.564. The lowest BCUT2D eigenvalue weighted by Gasteiger charge is -2.03. The van der Waals surface area contributed by atoms with Gasteiger partial charge in [-0.15, -0.1) is 0 Å². The minimum atomic E-state index is -0.721. The van der Waals surface area contributed by atoms with Crippen molar-refractivity contribution >= 4 is 12.2 Å². The maximum absolute atomic E-state index is 10.5. The lowest BCUT2D eigenvalue weighted by molar-refractivity contribution is 0.249. The van der Waals surface area contributed by atoms with E-state index in [0.717, 1.165) is 5.56 Å². The number of urea groups is 1. The Balaban J connectivity index is 2.07. The normalized spacial score (nSPS) is 10.3. The van der Waals surface area contributed by atoms with Gasteiger partial charge in [0, 0.05) is 12.4 Å². The van der Waals surface area contributed by atoms with Crippen molar-refractivity contribution in [2.75, 3.05) is 0 Å². The van der Waals surface area contributed by atoms with E-state index in [1.807, 2.05) is 0 Å². The van der Waals surface area contributed by atoms with E-state index in [2.05, 4.69) is 20.5 Å². The number of hydrogen-bond donors (Lipinski definition) is 2. The second-order valence-electron chi connectivity index (χ2n) is 3.44. The van der Waals surface area contributed by atoms with Gasteiger partial charge in [-0.2, -0.15) is 5.10 Å². The van der Waals surface area contributed by atoms with Gasteiger partial charge in [-0.3, -0.25) is 0 Å². The molecule has 96 valence electrons. The van der Waals surface area contributed by atoms with Gasteiger partial charge >= 0.3 is 12.0 Å². The van der Waals surface area contributed by atoms with Crippen LogP contribution in [-0.2, 0) is 0 Å². The molecule has 0 saturated heterocycles. The molecule has 1 heterocycles. The summed E-state index contributed by atoms with van der Waals surface area (Å²) in [5, 5.41) is 3.65. The maximum Gasteiger partial charge on any atom is 0.332 e. The summed E-state index contributed by atoms with van der Waals surface area (Å²) < 4.78 is 5.45. The highest BCUT2D eigenvalue weighted by Crippen LogP contribution is 2.17. The van der Waals surface area contributed by atoms with Crippen LogP contribution in [0, 0.1) is 0 Å². The number of carbonyl (C=O) groups excluding carboxylic acids is 1. The van der Waals surface area contributed by atoms with Crippen LogP contribution < -0.4 is 15.9 Å². The third-order valence-corrected chi connectivity index (χ3v) is 2.00. The first-order valence-corrected chi connectivity index (χ1v) is 5.37. The van der Waals surface area contributed by atoms with Gasteiger partial charge in [0.15, 0.2) is 0 Å². The average Bonchev–Trinajstić information content (AvgIpc) is 2.40. The van der Waals surface area contributed by atoms with E-state index in [-0.39, 0.29) is 6.01 Å². The molecule has 0 saturated carbocycles. The molecule has 1 aromatic carbocycles. The largest absolute Gasteiger partial charge is 0.424 e. The number of benzene rings is 1. The summed E-state index contributed by atoms with van der Waals surface area (Å²) in [6.45, 7) is 0. The Morgan fingerprint density at radius 2 is 2.11 bits per heavy atom. The van der Waals surface area contributed by atoms with E-state index in [9.17, 15) is 4.79 Å². The molecule has 0 aliphatic carbocycles. The molecule has 0 aliphatic heterocycles. The Hall–Kier alpha value is -2.96. The number of primary amides is 1. The first kappa shape index (κ1) is 12.5. The molecule has 0 radical (unpaired) electrons. The van der Waals surface area contributed by atoms with Crippen LogP contribution in [0.15, 0.2) is 47.8 Å². The highest BCUT2D eigenvalue weighted by molar-refractivity contribution is 5.81. The first-order chi connectivity index (χ1) is 9.24. The van der Waals surface area contributed by atoms with Crippen LogP contribution in [0.2, 0.25) is 0 Å². The van der Waals surface area contributed by atoms with Crippen molar-refractivity contribution in [3.05, 3.63) is 48.3 Å². The number of carbonyl (C=O) groups is 1. The van der Waals surface area contributed by atoms with Crippen LogP contribution in [0.3, 0.4) is 0 Å². The number of nitrogens with one attached hydrogen (secondary N) is 1. The number of amides is 2. The van der Waals surface area contributed by atoms with Crippen LogP contribution in [0.25, 0.3) is 0 Å². The van der Waals surface area contributed by atoms with Crippen molar-refractivity contribution in [1.82, 2.24) is 15.4 Å². The van der Waals surface area contributed by atoms with Gasteiger partial charge in [0.1, 0.15) is 5.75 Å². The molecular weight excluding hydrogens is 246 g/mol. The van der Waals surface area contributed by atoms with Gasteiger partial charge in [0.2, 0.25) is 0 Å². The topological polar surface area (TPSA) is 102 Å². The minimum Gasteiger partial charge on any atom is -0.424 e. The lowest BCUT2D eigenvalue weighted by Crippen LogP contribution is -2.24. The molecule has 2 amide bonds. The zero-order valence-electron chi connectivity index (χ0n) is 9.85. The molecule has 2 rings (SSSR count). The molecule has 3 N–H and O–H groups in total. The number of hydrogen-bond acceptors (Lipinski definition) is 5. The smallest absolute Gasteiger partial charge is 0.332 e. The van der Waals surface area contributed by atoms with Gasteiger partial charge in [0.05, 0.1) is 6.21 Å². The van der Waals surface area contributed by atoms with Crippen molar-refractivity contribution in [3.8, 4) is 11.8 Å². The van der Waals surface area contributed by atoms with Crippen LogP contribution in [-0.4, -0.2) is 22.2 Å². The Morgan fingerprint density at radius 1 is 1.32 bits per heavy atom. The van der Waals surface area contributed by atoms with Crippen molar-refractivity contribution in [3.63, 3.8) is 0 Å². The third kappa shape index (κ3) is 4.08. The van der Waals surface area contributed by atoms with Gasteiger partial charge < -0.3 is 10.5 Å². The van der Waals surface area contributed by atoms with E-state index >= 15 is 0 Å². The van der Waals surface area contributed by atoms with Crippen molar-refractivity contribution < 1.29 is 9.53 Å². The molecule has 0 unspecified atom stereocenters. The average molecular weight is 257 g/mol. The van der Waals surface area contributed by atoms with Gasteiger partial charge in [-0.1, -0.05) is 12.1 Å². The predicted molar refractivity (Wildman–Crippen MR) is 68.9 cm³/mol. The predicted octanol–water partition coefficient (Wildman–Crippen LogP) is 1.27. The van der Waals surface area contributed by atoms with Gasteiger partial charge in [-0.05, 0) is 23.8 Å². The van der Waals surface area contributed by atoms with Crippen molar-refractivity contribution in [1.29, 1.82) is 0 Å². The molecule has 0 spiro atoms. The molecule has 1 aromatic heterocycles. The molecule has 0 fully saturated rings. The van der Waals surface area contributed by atoms with Crippen molar-refractivity contribution in [2.45, 2.75) is 0 Å². The number of ether oxygens (including phenoxy) is 1. The maximum atomic E-state index is 10.5. The summed E-state index contributed by atoms with van der Waals surface area (Å²) >= 11 is 0. The molecular formula is C12H11N5O2. The van der Waals surface area contributed by atoms with E-state index in [0.29, 0.717) is 5.75 Å². The lowest BCUT2D eigenvalue weighted by atomic mass is 10.2. The molecule has 0 bridgehead atoms. The third-order valence-electron chi connectivity index (χ3n) is 2.00. The van der Waals surface area contributed by atoms with Crippen LogP contribution in [0.5, 0.6) is 11.8 Å². The minimum absolute atomic E-state index is 0.256. The number of hydrazone groups is 1. The zero-order chi connectivity index (χ0) is 13.5. The summed E-state index contributed by atoms with van der Waals surface area (Å²) in [6, 6.07) is 8.30. The number of nitrogens with zero attached hydrogens (tertiary/aromatic N) is 3. The number of nitrogens with two attached hydrogens (primary N) is 1. The standard InChI is InChI=1S/C12H11N5O2/c13-11(18)17-16-8-9-3-1-4-10(7-9)19-12-14-5-2-6-15-12/h1-8H,(H3,13,17,18). The van der Waals surface area contributed by atoms with Gasteiger partial charge in [-0.25, -0.2) is 20.2 Å². The fourth-order valence-electron chi connectivity index (χ4n) is 1.27. The van der Waals surface area contributed by atoms with E-state index in [4.69, 9.17) is 10.5 Å². The molecule has 0 atom stereocenters. The zero-order valence-corrected chi connectivity index (χ0v) is 9.85. The fraction of sp³-hybridized carbons (Fsp3) is 0. The van der Waals surface area contributed by atoms with Crippen LogP contribution in [0.1, 0.15) is 5.56 Å².